The molecular formula is C12H19NS. The van der Waals surface area contributed by atoms with E-state index in [1.807, 2.05) is 24.5 Å². The molecule has 0 radical (unpaired) electrons. The van der Waals surface area contributed by atoms with Gasteiger partial charge in [-0.05, 0) is 38.4 Å². The van der Waals surface area contributed by atoms with Gasteiger partial charge >= 0.3 is 0 Å². The van der Waals surface area contributed by atoms with Crippen LogP contribution in [0.5, 0.6) is 0 Å². The van der Waals surface area contributed by atoms with Crippen LogP contribution >= 0.6 is 11.3 Å². The molecule has 14 heavy (non-hydrogen) atoms. The van der Waals surface area contributed by atoms with Crippen LogP contribution in [0.25, 0.3) is 0 Å². The summed E-state index contributed by atoms with van der Waals surface area (Å²) in [6.45, 7) is 5.98. The number of thiophene rings is 1. The van der Waals surface area contributed by atoms with Crippen LogP contribution in [0.3, 0.4) is 0 Å². The number of rotatable bonds is 6. The van der Waals surface area contributed by atoms with E-state index in [-0.39, 0.29) is 0 Å². The van der Waals surface area contributed by atoms with E-state index in [0.29, 0.717) is 6.04 Å². The largest absolute Gasteiger partial charge is 0.316 e. The maximum Gasteiger partial charge on any atom is 0.0147 e. The third kappa shape index (κ3) is 3.28. The van der Waals surface area contributed by atoms with E-state index in [0.717, 1.165) is 19.3 Å². The van der Waals surface area contributed by atoms with Crippen LogP contribution in [0.2, 0.25) is 0 Å². The molecule has 0 saturated heterocycles. The van der Waals surface area contributed by atoms with Crippen molar-refractivity contribution in [2.24, 2.45) is 0 Å². The second-order valence-corrected chi connectivity index (χ2v) is 4.69. The van der Waals surface area contributed by atoms with E-state index in [9.17, 15) is 0 Å². The first kappa shape index (κ1) is 11.5. The predicted octanol–water partition coefficient (Wildman–Crippen LogP) is 3.02. The van der Waals surface area contributed by atoms with Crippen molar-refractivity contribution >= 4 is 11.3 Å². The first-order valence-electron chi connectivity index (χ1n) is 5.15. The SMILES string of the molecule is C=CCC(Cc1ccc(CC)s1)NC. The van der Waals surface area contributed by atoms with Crippen molar-refractivity contribution in [1.82, 2.24) is 5.32 Å². The van der Waals surface area contributed by atoms with Gasteiger partial charge in [0, 0.05) is 15.8 Å². The molecule has 1 unspecified atom stereocenters. The van der Waals surface area contributed by atoms with E-state index >= 15 is 0 Å². The highest BCUT2D eigenvalue weighted by Gasteiger charge is 2.06. The summed E-state index contributed by atoms with van der Waals surface area (Å²) in [5.74, 6) is 0. The average Bonchev–Trinajstić information content (AvgIpc) is 2.65. The number of hydrogen-bond donors (Lipinski definition) is 1. The van der Waals surface area contributed by atoms with E-state index in [1.54, 1.807) is 0 Å². The standard InChI is InChI=1S/C12H19NS/c1-4-6-10(13-3)9-12-8-7-11(5-2)14-12/h4,7-8,10,13H,1,5-6,9H2,2-3H3. The highest BCUT2D eigenvalue weighted by Crippen LogP contribution is 2.19. The Balaban J connectivity index is 2.52. The highest BCUT2D eigenvalue weighted by atomic mass is 32.1. The van der Waals surface area contributed by atoms with Gasteiger partial charge in [-0.2, -0.15) is 0 Å². The first-order valence-corrected chi connectivity index (χ1v) is 5.97. The molecule has 0 aromatic carbocycles. The third-order valence-corrected chi connectivity index (χ3v) is 3.62. The van der Waals surface area contributed by atoms with E-state index in [2.05, 4.69) is 31.0 Å². The van der Waals surface area contributed by atoms with Crippen molar-refractivity contribution < 1.29 is 0 Å². The van der Waals surface area contributed by atoms with Gasteiger partial charge in [-0.25, -0.2) is 0 Å². The Bertz CT molecular complexity index is 278. The summed E-state index contributed by atoms with van der Waals surface area (Å²) in [5, 5.41) is 3.31. The van der Waals surface area contributed by atoms with Crippen molar-refractivity contribution in [2.45, 2.75) is 32.2 Å². The minimum atomic E-state index is 0.538. The molecule has 1 N–H and O–H groups in total. The fourth-order valence-electron chi connectivity index (χ4n) is 1.47. The lowest BCUT2D eigenvalue weighted by molar-refractivity contribution is 0.570. The Labute approximate surface area is 90.9 Å². The van der Waals surface area contributed by atoms with Gasteiger partial charge in [0.2, 0.25) is 0 Å². The summed E-state index contributed by atoms with van der Waals surface area (Å²) in [5.41, 5.74) is 0. The smallest absolute Gasteiger partial charge is 0.0147 e. The van der Waals surface area contributed by atoms with Gasteiger partial charge in [0.05, 0.1) is 0 Å². The van der Waals surface area contributed by atoms with Crippen LogP contribution in [-0.2, 0) is 12.8 Å². The summed E-state index contributed by atoms with van der Waals surface area (Å²) in [6, 6.07) is 5.02. The van der Waals surface area contributed by atoms with Crippen LogP contribution in [0, 0.1) is 0 Å². The second-order valence-electron chi connectivity index (χ2n) is 3.44. The second kappa shape index (κ2) is 5.99. The van der Waals surface area contributed by atoms with Gasteiger partial charge in [-0.1, -0.05) is 13.0 Å². The normalized spacial score (nSPS) is 12.7. The lowest BCUT2D eigenvalue weighted by Gasteiger charge is -2.12. The van der Waals surface area contributed by atoms with Crippen LogP contribution in [0.15, 0.2) is 24.8 Å². The molecule has 0 bridgehead atoms. The molecule has 1 rings (SSSR count). The summed E-state index contributed by atoms with van der Waals surface area (Å²) in [7, 11) is 2.02. The number of likely N-dealkylation sites (N-methyl/N-ethyl adjacent to an activating group) is 1. The minimum absolute atomic E-state index is 0.538. The zero-order valence-corrected chi connectivity index (χ0v) is 9.86. The zero-order valence-electron chi connectivity index (χ0n) is 9.05. The van der Waals surface area contributed by atoms with E-state index in [1.165, 1.54) is 9.75 Å². The van der Waals surface area contributed by atoms with Crippen molar-refractivity contribution in [2.75, 3.05) is 7.05 Å². The molecule has 1 atom stereocenters. The quantitative estimate of drug-likeness (QED) is 0.710. The zero-order chi connectivity index (χ0) is 10.4. The molecule has 1 heterocycles. The van der Waals surface area contributed by atoms with E-state index < -0.39 is 0 Å². The molecule has 0 spiro atoms. The molecule has 0 saturated carbocycles. The van der Waals surface area contributed by atoms with Gasteiger partial charge in [0.1, 0.15) is 0 Å². The lowest BCUT2D eigenvalue weighted by atomic mass is 10.1. The fourth-order valence-corrected chi connectivity index (χ4v) is 2.51. The van der Waals surface area contributed by atoms with Crippen molar-refractivity contribution in [3.05, 3.63) is 34.5 Å². The Morgan fingerprint density at radius 1 is 1.50 bits per heavy atom. The maximum absolute atomic E-state index is 3.77. The van der Waals surface area contributed by atoms with Crippen LogP contribution < -0.4 is 5.32 Å². The van der Waals surface area contributed by atoms with Crippen molar-refractivity contribution in [3.63, 3.8) is 0 Å². The Morgan fingerprint density at radius 3 is 2.71 bits per heavy atom. The summed E-state index contributed by atoms with van der Waals surface area (Å²) in [6.07, 6.45) is 5.29. The highest BCUT2D eigenvalue weighted by molar-refractivity contribution is 7.11. The molecule has 0 amide bonds. The molecule has 78 valence electrons. The van der Waals surface area contributed by atoms with Crippen molar-refractivity contribution in [1.29, 1.82) is 0 Å². The molecule has 0 aliphatic carbocycles. The van der Waals surface area contributed by atoms with E-state index in [4.69, 9.17) is 0 Å². The Kier molecular flexibility index (Phi) is 4.91. The Hall–Kier alpha value is -0.600. The summed E-state index contributed by atoms with van der Waals surface area (Å²) >= 11 is 1.93. The summed E-state index contributed by atoms with van der Waals surface area (Å²) < 4.78 is 0. The monoisotopic (exact) mass is 209 g/mol. The third-order valence-electron chi connectivity index (χ3n) is 2.37. The van der Waals surface area contributed by atoms with Crippen molar-refractivity contribution in [3.8, 4) is 0 Å². The molecule has 2 heteroatoms. The maximum atomic E-state index is 3.77. The number of nitrogens with one attached hydrogen (secondary N) is 1. The van der Waals surface area contributed by atoms with Gasteiger partial charge < -0.3 is 5.32 Å². The molecule has 0 aliphatic rings. The molecule has 1 nitrogen and oxygen atoms in total. The first-order chi connectivity index (χ1) is 6.80. The molecule has 0 fully saturated rings. The number of hydrogen-bond acceptors (Lipinski definition) is 2. The van der Waals surface area contributed by atoms with Crippen LogP contribution in [-0.4, -0.2) is 13.1 Å². The summed E-state index contributed by atoms with van der Waals surface area (Å²) in [4.78, 5) is 2.96. The van der Waals surface area contributed by atoms with Crippen LogP contribution in [0.1, 0.15) is 23.1 Å². The number of aryl methyl sites for hydroxylation is 1. The topological polar surface area (TPSA) is 12.0 Å². The lowest BCUT2D eigenvalue weighted by Crippen LogP contribution is -2.26. The minimum Gasteiger partial charge on any atom is -0.316 e. The fraction of sp³-hybridized carbons (Fsp3) is 0.500. The van der Waals surface area contributed by atoms with Gasteiger partial charge in [0.15, 0.2) is 0 Å². The predicted molar refractivity (Wildman–Crippen MR) is 65.1 cm³/mol. The van der Waals surface area contributed by atoms with Crippen LogP contribution in [0.4, 0.5) is 0 Å². The Morgan fingerprint density at radius 2 is 2.21 bits per heavy atom. The molecule has 1 aromatic heterocycles. The van der Waals surface area contributed by atoms with Gasteiger partial charge in [-0.3, -0.25) is 0 Å². The average molecular weight is 209 g/mol. The molecule has 1 aromatic rings. The van der Waals surface area contributed by atoms with Gasteiger partial charge in [0.25, 0.3) is 0 Å². The van der Waals surface area contributed by atoms with Gasteiger partial charge in [-0.15, -0.1) is 17.9 Å². The molecule has 0 aliphatic heterocycles. The molecular weight excluding hydrogens is 190 g/mol.